The zero-order valence-corrected chi connectivity index (χ0v) is 6.75. The standard InChI is InChI=1S/C10H13N/c1-7-2-4-8(5-3-7)9-6-10(9)11/h2-5,9-10H,6,11H2,1H3. The van der Waals surface area contributed by atoms with E-state index in [2.05, 4.69) is 31.2 Å². The summed E-state index contributed by atoms with van der Waals surface area (Å²) in [6, 6.07) is 9.11. The molecule has 0 heterocycles. The van der Waals surface area contributed by atoms with Crippen LogP contribution in [-0.4, -0.2) is 6.04 Å². The summed E-state index contributed by atoms with van der Waals surface area (Å²) in [4.78, 5) is 0. The van der Waals surface area contributed by atoms with Gasteiger partial charge in [0.15, 0.2) is 0 Å². The molecule has 2 N–H and O–H groups in total. The summed E-state index contributed by atoms with van der Waals surface area (Å²) in [5.74, 6) is 0.649. The number of rotatable bonds is 1. The zero-order valence-electron chi connectivity index (χ0n) is 6.75. The molecule has 2 unspecified atom stereocenters. The first-order chi connectivity index (χ1) is 5.27. The van der Waals surface area contributed by atoms with E-state index in [-0.39, 0.29) is 0 Å². The summed E-state index contributed by atoms with van der Waals surface area (Å²) in [5.41, 5.74) is 8.46. The normalized spacial score (nSPS) is 28.5. The fourth-order valence-corrected chi connectivity index (χ4v) is 1.41. The first kappa shape index (κ1) is 6.86. The molecule has 1 aliphatic rings. The Balaban J connectivity index is 2.21. The Morgan fingerprint density at radius 1 is 1.27 bits per heavy atom. The third kappa shape index (κ3) is 1.29. The molecule has 11 heavy (non-hydrogen) atoms. The molecule has 0 amide bonds. The van der Waals surface area contributed by atoms with Crippen LogP contribution in [0.5, 0.6) is 0 Å². The van der Waals surface area contributed by atoms with E-state index < -0.39 is 0 Å². The van der Waals surface area contributed by atoms with Gasteiger partial charge in [0.05, 0.1) is 0 Å². The Morgan fingerprint density at radius 2 is 1.82 bits per heavy atom. The lowest BCUT2D eigenvalue weighted by Gasteiger charge is -1.97. The van der Waals surface area contributed by atoms with Crippen molar-refractivity contribution >= 4 is 0 Å². The lowest BCUT2D eigenvalue weighted by molar-refractivity contribution is 0.989. The monoisotopic (exact) mass is 147 g/mol. The van der Waals surface area contributed by atoms with Crippen LogP contribution in [0.3, 0.4) is 0 Å². The maximum Gasteiger partial charge on any atom is 0.0115 e. The Kier molecular flexibility index (Phi) is 1.46. The fraction of sp³-hybridized carbons (Fsp3) is 0.400. The Hall–Kier alpha value is -0.820. The second-order valence-electron chi connectivity index (χ2n) is 3.42. The van der Waals surface area contributed by atoms with E-state index in [1.165, 1.54) is 17.5 Å². The van der Waals surface area contributed by atoms with Gasteiger partial charge in [-0.25, -0.2) is 0 Å². The van der Waals surface area contributed by atoms with Gasteiger partial charge in [0.25, 0.3) is 0 Å². The van der Waals surface area contributed by atoms with Gasteiger partial charge in [-0.2, -0.15) is 0 Å². The van der Waals surface area contributed by atoms with Crippen LogP contribution < -0.4 is 5.73 Å². The second-order valence-corrected chi connectivity index (χ2v) is 3.42. The van der Waals surface area contributed by atoms with Crippen molar-refractivity contribution in [2.75, 3.05) is 0 Å². The van der Waals surface area contributed by atoms with E-state index in [1.54, 1.807) is 0 Å². The Bertz CT molecular complexity index is 250. The van der Waals surface area contributed by atoms with Crippen molar-refractivity contribution in [3.63, 3.8) is 0 Å². The minimum atomic E-state index is 0.428. The van der Waals surface area contributed by atoms with E-state index in [1.807, 2.05) is 0 Å². The van der Waals surface area contributed by atoms with Crippen LogP contribution in [0.15, 0.2) is 24.3 Å². The summed E-state index contributed by atoms with van der Waals surface area (Å²) >= 11 is 0. The fourth-order valence-electron chi connectivity index (χ4n) is 1.41. The molecule has 1 aromatic carbocycles. The third-order valence-electron chi connectivity index (χ3n) is 2.35. The molecule has 58 valence electrons. The Morgan fingerprint density at radius 3 is 2.27 bits per heavy atom. The molecule has 1 heteroatoms. The van der Waals surface area contributed by atoms with Crippen LogP contribution in [-0.2, 0) is 0 Å². The van der Waals surface area contributed by atoms with Crippen LogP contribution in [0.2, 0.25) is 0 Å². The van der Waals surface area contributed by atoms with E-state index in [0.717, 1.165) is 0 Å². The molecule has 0 spiro atoms. The number of benzene rings is 1. The van der Waals surface area contributed by atoms with Crippen molar-refractivity contribution < 1.29 is 0 Å². The maximum absolute atomic E-state index is 5.74. The van der Waals surface area contributed by atoms with Crippen LogP contribution in [0.1, 0.15) is 23.5 Å². The number of hydrogen-bond donors (Lipinski definition) is 1. The van der Waals surface area contributed by atoms with Gasteiger partial charge in [0, 0.05) is 12.0 Å². The van der Waals surface area contributed by atoms with E-state index in [9.17, 15) is 0 Å². The molecule has 2 atom stereocenters. The van der Waals surface area contributed by atoms with Crippen molar-refractivity contribution in [1.29, 1.82) is 0 Å². The van der Waals surface area contributed by atoms with Crippen molar-refractivity contribution in [1.82, 2.24) is 0 Å². The van der Waals surface area contributed by atoms with Gasteiger partial charge in [0.1, 0.15) is 0 Å². The summed E-state index contributed by atoms with van der Waals surface area (Å²) in [6.45, 7) is 2.11. The van der Waals surface area contributed by atoms with Gasteiger partial charge in [0.2, 0.25) is 0 Å². The smallest absolute Gasteiger partial charge is 0.0115 e. The van der Waals surface area contributed by atoms with Gasteiger partial charge in [-0.3, -0.25) is 0 Å². The van der Waals surface area contributed by atoms with Crippen molar-refractivity contribution in [3.8, 4) is 0 Å². The highest BCUT2D eigenvalue weighted by atomic mass is 14.7. The van der Waals surface area contributed by atoms with E-state index in [4.69, 9.17) is 5.73 Å². The molecule has 2 rings (SSSR count). The predicted molar refractivity (Wildman–Crippen MR) is 46.5 cm³/mol. The van der Waals surface area contributed by atoms with Crippen LogP contribution in [0.4, 0.5) is 0 Å². The quantitative estimate of drug-likeness (QED) is 0.644. The molecule has 1 nitrogen and oxygen atoms in total. The lowest BCUT2D eigenvalue weighted by Crippen LogP contribution is -2.00. The molecular formula is C10H13N. The highest BCUT2D eigenvalue weighted by molar-refractivity contribution is 5.30. The van der Waals surface area contributed by atoms with Gasteiger partial charge in [-0.15, -0.1) is 0 Å². The Labute approximate surface area is 67.2 Å². The third-order valence-corrected chi connectivity index (χ3v) is 2.35. The van der Waals surface area contributed by atoms with Gasteiger partial charge in [-0.05, 0) is 18.9 Å². The van der Waals surface area contributed by atoms with Crippen LogP contribution in [0, 0.1) is 6.92 Å². The SMILES string of the molecule is Cc1ccc(C2CC2N)cc1. The molecule has 0 saturated heterocycles. The van der Waals surface area contributed by atoms with E-state index in [0.29, 0.717) is 12.0 Å². The van der Waals surface area contributed by atoms with Crippen molar-refractivity contribution in [2.24, 2.45) is 5.73 Å². The topological polar surface area (TPSA) is 26.0 Å². The van der Waals surface area contributed by atoms with Crippen LogP contribution in [0.25, 0.3) is 0 Å². The number of nitrogens with two attached hydrogens (primary N) is 1. The summed E-state index contributed by atoms with van der Waals surface area (Å²) in [7, 11) is 0. The van der Waals surface area contributed by atoms with Gasteiger partial charge >= 0.3 is 0 Å². The first-order valence-electron chi connectivity index (χ1n) is 4.09. The summed E-state index contributed by atoms with van der Waals surface area (Å²) < 4.78 is 0. The highest BCUT2D eigenvalue weighted by Crippen LogP contribution is 2.38. The second kappa shape index (κ2) is 2.35. The van der Waals surface area contributed by atoms with Gasteiger partial charge < -0.3 is 5.73 Å². The molecule has 0 radical (unpaired) electrons. The lowest BCUT2D eigenvalue weighted by atomic mass is 10.1. The zero-order chi connectivity index (χ0) is 7.84. The molecule has 1 fully saturated rings. The molecule has 0 aromatic heterocycles. The maximum atomic E-state index is 5.74. The van der Waals surface area contributed by atoms with Gasteiger partial charge in [-0.1, -0.05) is 29.8 Å². The first-order valence-corrected chi connectivity index (χ1v) is 4.09. The van der Waals surface area contributed by atoms with E-state index >= 15 is 0 Å². The molecule has 0 bridgehead atoms. The molecular weight excluding hydrogens is 134 g/mol. The summed E-state index contributed by atoms with van der Waals surface area (Å²) in [6.07, 6.45) is 1.17. The van der Waals surface area contributed by atoms with Crippen molar-refractivity contribution in [3.05, 3.63) is 35.4 Å². The minimum absolute atomic E-state index is 0.428. The average Bonchev–Trinajstić information content (AvgIpc) is 2.69. The number of hydrogen-bond acceptors (Lipinski definition) is 1. The summed E-state index contributed by atoms with van der Waals surface area (Å²) in [5, 5.41) is 0. The molecule has 1 aliphatic carbocycles. The predicted octanol–water partition coefficient (Wildman–Crippen LogP) is 1.81. The molecule has 0 aliphatic heterocycles. The van der Waals surface area contributed by atoms with Crippen molar-refractivity contribution in [2.45, 2.75) is 25.3 Å². The highest BCUT2D eigenvalue weighted by Gasteiger charge is 2.34. The van der Waals surface area contributed by atoms with Crippen LogP contribution >= 0.6 is 0 Å². The minimum Gasteiger partial charge on any atom is -0.327 e. The molecule has 1 saturated carbocycles. The number of aryl methyl sites for hydroxylation is 1. The largest absolute Gasteiger partial charge is 0.327 e. The average molecular weight is 147 g/mol. The molecule has 1 aromatic rings.